The number of hydrogen-bond acceptors (Lipinski definition) is 2. The van der Waals surface area contributed by atoms with Crippen LogP contribution in [0.15, 0.2) is 23.1 Å². The first-order chi connectivity index (χ1) is 7.08. The molecule has 0 bridgehead atoms. The summed E-state index contributed by atoms with van der Waals surface area (Å²) in [7, 11) is 0. The Morgan fingerprint density at radius 3 is 2.40 bits per heavy atom. The van der Waals surface area contributed by atoms with E-state index in [9.17, 15) is 4.79 Å². The minimum atomic E-state index is -0.764. The molecule has 0 fully saturated rings. The van der Waals surface area contributed by atoms with Crippen LogP contribution in [0.2, 0.25) is 10.0 Å². The van der Waals surface area contributed by atoms with E-state index in [0.717, 1.165) is 10.6 Å². The summed E-state index contributed by atoms with van der Waals surface area (Å²) in [5.74, 6) is -0.0112. The first kappa shape index (κ1) is 12.7. The van der Waals surface area contributed by atoms with E-state index in [1.807, 2.05) is 12.1 Å². The topological polar surface area (TPSA) is 37.3 Å². The maximum absolute atomic E-state index is 10.3. The summed E-state index contributed by atoms with van der Waals surface area (Å²) in [4.78, 5) is 11.2. The highest BCUT2D eigenvalue weighted by atomic mass is 35.5. The van der Waals surface area contributed by atoms with Crippen LogP contribution in [0.5, 0.6) is 0 Å². The van der Waals surface area contributed by atoms with Crippen molar-refractivity contribution in [3.8, 4) is 0 Å². The van der Waals surface area contributed by atoms with Crippen molar-refractivity contribution in [1.29, 1.82) is 0 Å². The summed E-state index contributed by atoms with van der Waals surface area (Å²) in [6.07, 6.45) is 0.839. The lowest BCUT2D eigenvalue weighted by atomic mass is 10.3. The van der Waals surface area contributed by atoms with Gasteiger partial charge in [0.05, 0.1) is 0 Å². The van der Waals surface area contributed by atoms with Gasteiger partial charge in [0.1, 0.15) is 0 Å². The summed E-state index contributed by atoms with van der Waals surface area (Å²) >= 11 is 13.2. The van der Waals surface area contributed by atoms with Crippen LogP contribution in [0.3, 0.4) is 0 Å². The fourth-order valence-corrected chi connectivity index (χ4v) is 2.63. The van der Waals surface area contributed by atoms with Gasteiger partial charge in [-0.3, -0.25) is 4.79 Å². The Morgan fingerprint density at radius 2 is 1.87 bits per heavy atom. The highest BCUT2D eigenvalue weighted by Gasteiger charge is 2.00. The van der Waals surface area contributed by atoms with Crippen LogP contribution in [0.1, 0.15) is 12.8 Å². The number of carboxylic acid groups (broad SMARTS) is 1. The van der Waals surface area contributed by atoms with Crippen molar-refractivity contribution >= 4 is 40.9 Å². The van der Waals surface area contributed by atoms with Gasteiger partial charge in [-0.1, -0.05) is 23.2 Å². The van der Waals surface area contributed by atoms with E-state index in [4.69, 9.17) is 28.3 Å². The van der Waals surface area contributed by atoms with E-state index < -0.39 is 5.97 Å². The quantitative estimate of drug-likeness (QED) is 0.647. The Hall–Kier alpha value is -0.380. The molecule has 0 saturated carbocycles. The Morgan fingerprint density at radius 1 is 1.27 bits per heavy atom. The van der Waals surface area contributed by atoms with Crippen LogP contribution in [-0.4, -0.2) is 16.8 Å². The molecule has 82 valence electrons. The van der Waals surface area contributed by atoms with Gasteiger partial charge in [0.25, 0.3) is 0 Å². The van der Waals surface area contributed by atoms with Crippen molar-refractivity contribution in [3.63, 3.8) is 0 Å². The number of benzene rings is 1. The van der Waals surface area contributed by atoms with Crippen molar-refractivity contribution in [1.82, 2.24) is 0 Å². The van der Waals surface area contributed by atoms with Crippen LogP contribution < -0.4 is 0 Å². The first-order valence-corrected chi connectivity index (χ1v) is 6.13. The zero-order chi connectivity index (χ0) is 11.3. The Bertz CT molecular complexity index is 335. The van der Waals surface area contributed by atoms with E-state index in [-0.39, 0.29) is 6.42 Å². The number of halogens is 2. The van der Waals surface area contributed by atoms with Gasteiger partial charge in [0.2, 0.25) is 0 Å². The Labute approximate surface area is 103 Å². The summed E-state index contributed by atoms with van der Waals surface area (Å²) in [6, 6.07) is 5.31. The molecule has 5 heteroatoms. The lowest BCUT2D eigenvalue weighted by Crippen LogP contribution is -1.94. The molecule has 0 heterocycles. The normalized spacial score (nSPS) is 10.3. The molecule has 15 heavy (non-hydrogen) atoms. The van der Waals surface area contributed by atoms with Gasteiger partial charge in [0, 0.05) is 21.4 Å². The maximum Gasteiger partial charge on any atom is 0.303 e. The van der Waals surface area contributed by atoms with Crippen LogP contribution in [0.4, 0.5) is 0 Å². The predicted molar refractivity (Wildman–Crippen MR) is 64.1 cm³/mol. The molecule has 0 aliphatic rings. The van der Waals surface area contributed by atoms with Gasteiger partial charge in [-0.25, -0.2) is 0 Å². The standard InChI is InChI=1S/C10H10Cl2O2S/c11-7-4-8(12)6-9(5-7)15-3-1-2-10(13)14/h4-6H,1-3H2,(H,13,14). The van der Waals surface area contributed by atoms with Crippen LogP contribution in [0.25, 0.3) is 0 Å². The zero-order valence-corrected chi connectivity index (χ0v) is 10.2. The van der Waals surface area contributed by atoms with E-state index in [1.165, 1.54) is 0 Å². The molecular formula is C10H10Cl2O2S. The maximum atomic E-state index is 10.3. The molecule has 0 atom stereocenters. The molecule has 0 spiro atoms. The van der Waals surface area contributed by atoms with Crippen LogP contribution in [-0.2, 0) is 4.79 Å². The summed E-state index contributed by atoms with van der Waals surface area (Å²) in [5.41, 5.74) is 0. The Kier molecular flexibility index (Phi) is 5.29. The van der Waals surface area contributed by atoms with E-state index in [1.54, 1.807) is 17.8 Å². The number of thioether (sulfide) groups is 1. The molecule has 0 aromatic heterocycles. The molecule has 1 aromatic rings. The Balaban J connectivity index is 2.40. The minimum Gasteiger partial charge on any atom is -0.481 e. The summed E-state index contributed by atoms with van der Waals surface area (Å²) in [6.45, 7) is 0. The second kappa shape index (κ2) is 6.26. The molecule has 0 amide bonds. The molecule has 0 aliphatic heterocycles. The largest absolute Gasteiger partial charge is 0.481 e. The monoisotopic (exact) mass is 264 g/mol. The molecule has 0 radical (unpaired) electrons. The molecular weight excluding hydrogens is 255 g/mol. The molecule has 1 N–H and O–H groups in total. The third-order valence-electron chi connectivity index (χ3n) is 1.64. The molecule has 1 rings (SSSR count). The summed E-state index contributed by atoms with van der Waals surface area (Å²) in [5, 5.41) is 9.65. The first-order valence-electron chi connectivity index (χ1n) is 4.38. The van der Waals surface area contributed by atoms with Crippen LogP contribution in [0, 0.1) is 0 Å². The zero-order valence-electron chi connectivity index (χ0n) is 7.87. The SMILES string of the molecule is O=C(O)CCCSc1cc(Cl)cc(Cl)c1. The van der Waals surface area contributed by atoms with Crippen molar-refractivity contribution in [2.75, 3.05) is 5.75 Å². The lowest BCUT2D eigenvalue weighted by molar-refractivity contribution is -0.137. The number of aliphatic carboxylic acids is 1. The van der Waals surface area contributed by atoms with Crippen molar-refractivity contribution < 1.29 is 9.90 Å². The van der Waals surface area contributed by atoms with Crippen molar-refractivity contribution in [2.45, 2.75) is 17.7 Å². The van der Waals surface area contributed by atoms with Gasteiger partial charge in [-0.15, -0.1) is 11.8 Å². The van der Waals surface area contributed by atoms with E-state index >= 15 is 0 Å². The van der Waals surface area contributed by atoms with Gasteiger partial charge in [0.15, 0.2) is 0 Å². The van der Waals surface area contributed by atoms with Gasteiger partial charge >= 0.3 is 5.97 Å². The van der Waals surface area contributed by atoms with Gasteiger partial charge in [-0.05, 0) is 30.4 Å². The van der Waals surface area contributed by atoms with Crippen LogP contribution >= 0.6 is 35.0 Å². The van der Waals surface area contributed by atoms with Gasteiger partial charge in [-0.2, -0.15) is 0 Å². The smallest absolute Gasteiger partial charge is 0.303 e. The molecule has 0 saturated heterocycles. The number of carboxylic acids is 1. The van der Waals surface area contributed by atoms with Crippen molar-refractivity contribution in [2.24, 2.45) is 0 Å². The van der Waals surface area contributed by atoms with Crippen molar-refractivity contribution in [3.05, 3.63) is 28.2 Å². The average molecular weight is 265 g/mol. The highest BCUT2D eigenvalue weighted by molar-refractivity contribution is 7.99. The third kappa shape index (κ3) is 5.30. The average Bonchev–Trinajstić information content (AvgIpc) is 2.10. The second-order valence-electron chi connectivity index (χ2n) is 2.95. The second-order valence-corrected chi connectivity index (χ2v) is 4.99. The number of carbonyl (C=O) groups is 1. The van der Waals surface area contributed by atoms with E-state index in [2.05, 4.69) is 0 Å². The predicted octanol–water partition coefficient (Wildman–Crippen LogP) is 3.95. The van der Waals surface area contributed by atoms with Gasteiger partial charge < -0.3 is 5.11 Å². The molecule has 2 nitrogen and oxygen atoms in total. The summed E-state index contributed by atoms with van der Waals surface area (Å²) < 4.78 is 0. The highest BCUT2D eigenvalue weighted by Crippen LogP contribution is 2.27. The van der Waals surface area contributed by atoms with E-state index in [0.29, 0.717) is 16.5 Å². The number of hydrogen-bond donors (Lipinski definition) is 1. The minimum absolute atomic E-state index is 0.196. The fraction of sp³-hybridized carbons (Fsp3) is 0.300. The molecule has 1 aromatic carbocycles. The molecule has 0 unspecified atom stereocenters. The lowest BCUT2D eigenvalue weighted by Gasteiger charge is -2.02. The molecule has 0 aliphatic carbocycles. The number of rotatable bonds is 5. The third-order valence-corrected chi connectivity index (χ3v) is 3.14. The fourth-order valence-electron chi connectivity index (χ4n) is 1.03.